The van der Waals surface area contributed by atoms with Gasteiger partial charge >= 0.3 is 0 Å². The van der Waals surface area contributed by atoms with Gasteiger partial charge in [0.25, 0.3) is 0 Å². The molecule has 0 aromatic rings. The maximum atomic E-state index is 6.53. The molecule has 2 nitrogen and oxygen atoms in total. The summed E-state index contributed by atoms with van der Waals surface area (Å²) in [5, 5.41) is 0. The minimum atomic E-state index is 0.0848. The van der Waals surface area contributed by atoms with Crippen LogP contribution in [0.5, 0.6) is 0 Å². The van der Waals surface area contributed by atoms with Crippen molar-refractivity contribution in [1.82, 2.24) is 4.90 Å². The highest BCUT2D eigenvalue weighted by atomic mass is 127. The Labute approximate surface area is 195 Å². The highest BCUT2D eigenvalue weighted by molar-refractivity contribution is 14.1. The summed E-state index contributed by atoms with van der Waals surface area (Å²) in [6, 6.07) is 0. The SMILES string of the molecule is CCC12C=C[C@]1(CC)N1CC3=C(C=C1C(C)=C2/C=C\CI)OC(C1=CC=CCC1)C3. The molecule has 0 aromatic carbocycles. The van der Waals surface area contributed by atoms with E-state index >= 15 is 0 Å². The van der Waals surface area contributed by atoms with Crippen molar-refractivity contribution in [3.05, 3.63) is 82.4 Å². The lowest BCUT2D eigenvalue weighted by atomic mass is 9.51. The van der Waals surface area contributed by atoms with E-state index in [9.17, 15) is 0 Å². The molecule has 0 aromatic heterocycles. The fourth-order valence-electron chi connectivity index (χ4n) is 6.40. The van der Waals surface area contributed by atoms with Crippen LogP contribution in [0.3, 0.4) is 0 Å². The molecular formula is C27H32INO. The molecule has 3 heteroatoms. The maximum absolute atomic E-state index is 6.53. The predicted molar refractivity (Wildman–Crippen MR) is 133 cm³/mol. The Hall–Kier alpha value is -1.49. The Morgan fingerprint density at radius 2 is 2.13 bits per heavy atom. The second-order valence-electron chi connectivity index (χ2n) is 9.13. The molecule has 0 amide bonds. The van der Waals surface area contributed by atoms with Gasteiger partial charge in [-0.2, -0.15) is 0 Å². The number of nitrogens with zero attached hydrogens (tertiary/aromatic N) is 1. The highest BCUT2D eigenvalue weighted by Gasteiger charge is 2.61. The normalized spacial score (nSPS) is 34.4. The zero-order chi connectivity index (χ0) is 20.9. The van der Waals surface area contributed by atoms with Gasteiger partial charge in [-0.25, -0.2) is 0 Å². The highest BCUT2D eigenvalue weighted by Crippen LogP contribution is 2.62. The molecule has 3 heterocycles. The Morgan fingerprint density at radius 1 is 1.27 bits per heavy atom. The molecule has 0 fully saturated rings. The van der Waals surface area contributed by atoms with E-state index in [1.807, 2.05) is 0 Å². The van der Waals surface area contributed by atoms with Gasteiger partial charge in [-0.05, 0) is 54.9 Å². The quantitative estimate of drug-likeness (QED) is 0.224. The first-order chi connectivity index (χ1) is 14.6. The molecule has 158 valence electrons. The molecule has 0 N–H and O–H groups in total. The molecule has 0 bridgehead atoms. The Balaban J connectivity index is 1.56. The van der Waals surface area contributed by atoms with Crippen molar-refractivity contribution in [3.63, 3.8) is 0 Å². The van der Waals surface area contributed by atoms with Crippen LogP contribution in [-0.4, -0.2) is 27.5 Å². The van der Waals surface area contributed by atoms with Gasteiger partial charge in [0.1, 0.15) is 11.9 Å². The van der Waals surface area contributed by atoms with Crippen LogP contribution >= 0.6 is 22.6 Å². The summed E-state index contributed by atoms with van der Waals surface area (Å²) in [5.74, 6) is 1.14. The van der Waals surface area contributed by atoms with Crippen molar-refractivity contribution in [2.24, 2.45) is 5.41 Å². The fourth-order valence-corrected chi connectivity index (χ4v) is 6.65. The number of hydrogen-bond donors (Lipinski definition) is 0. The number of fused-ring (bicyclic) bond motifs is 3. The van der Waals surface area contributed by atoms with E-state index in [2.05, 4.69) is 96.9 Å². The first-order valence-corrected chi connectivity index (χ1v) is 13.0. The molecule has 0 spiro atoms. The number of hydrogen-bond acceptors (Lipinski definition) is 2. The van der Waals surface area contributed by atoms with Gasteiger partial charge in [-0.3, -0.25) is 0 Å². The van der Waals surface area contributed by atoms with Gasteiger partial charge in [0.15, 0.2) is 0 Å². The summed E-state index contributed by atoms with van der Waals surface area (Å²) in [6.07, 6.45) is 24.6. The van der Waals surface area contributed by atoms with Gasteiger partial charge in [0.2, 0.25) is 0 Å². The summed E-state index contributed by atoms with van der Waals surface area (Å²) < 4.78 is 7.58. The van der Waals surface area contributed by atoms with Crippen LogP contribution in [0.2, 0.25) is 0 Å². The van der Waals surface area contributed by atoms with Gasteiger partial charge < -0.3 is 9.64 Å². The lowest BCUT2D eigenvalue weighted by Crippen LogP contribution is -2.65. The van der Waals surface area contributed by atoms with Gasteiger partial charge in [0.05, 0.1) is 5.54 Å². The van der Waals surface area contributed by atoms with Crippen LogP contribution in [0.25, 0.3) is 0 Å². The molecule has 5 rings (SSSR count). The average Bonchev–Trinajstić information content (AvgIpc) is 3.19. The summed E-state index contributed by atoms with van der Waals surface area (Å²) in [5.41, 5.74) is 7.45. The Morgan fingerprint density at radius 3 is 2.77 bits per heavy atom. The first-order valence-electron chi connectivity index (χ1n) is 11.5. The molecular weight excluding hydrogens is 481 g/mol. The van der Waals surface area contributed by atoms with Crippen LogP contribution in [-0.2, 0) is 4.74 Å². The average molecular weight is 513 g/mol. The predicted octanol–water partition coefficient (Wildman–Crippen LogP) is 6.94. The van der Waals surface area contributed by atoms with Gasteiger partial charge in [0, 0.05) is 34.6 Å². The Bertz CT molecular complexity index is 975. The number of ether oxygens (including phenoxy) is 1. The van der Waals surface area contributed by atoms with E-state index in [4.69, 9.17) is 4.74 Å². The number of allylic oxidation sites excluding steroid dienone is 7. The van der Waals surface area contributed by atoms with Crippen molar-refractivity contribution in [1.29, 1.82) is 0 Å². The molecule has 2 unspecified atom stereocenters. The summed E-state index contributed by atoms with van der Waals surface area (Å²) in [6.45, 7) is 8.05. The molecule has 0 saturated carbocycles. The molecule has 30 heavy (non-hydrogen) atoms. The monoisotopic (exact) mass is 513 g/mol. The van der Waals surface area contributed by atoms with Crippen molar-refractivity contribution in [2.75, 3.05) is 11.0 Å². The van der Waals surface area contributed by atoms with E-state index in [0.717, 1.165) is 48.8 Å². The van der Waals surface area contributed by atoms with E-state index in [0.29, 0.717) is 0 Å². The van der Waals surface area contributed by atoms with Crippen LogP contribution in [0.1, 0.15) is 52.9 Å². The molecule has 0 saturated heterocycles. The number of rotatable bonds is 5. The minimum Gasteiger partial charge on any atom is -0.486 e. The minimum absolute atomic E-state index is 0.0848. The third-order valence-electron chi connectivity index (χ3n) is 8.05. The maximum Gasteiger partial charge on any atom is 0.124 e. The van der Waals surface area contributed by atoms with E-state index in [1.165, 1.54) is 28.0 Å². The topological polar surface area (TPSA) is 12.5 Å². The van der Waals surface area contributed by atoms with Crippen LogP contribution in [0.15, 0.2) is 82.4 Å². The third-order valence-corrected chi connectivity index (χ3v) is 8.56. The smallest absolute Gasteiger partial charge is 0.124 e. The zero-order valence-electron chi connectivity index (χ0n) is 18.4. The molecule has 3 atom stereocenters. The van der Waals surface area contributed by atoms with E-state index in [1.54, 1.807) is 0 Å². The molecule has 5 aliphatic rings. The molecule has 2 aliphatic carbocycles. The van der Waals surface area contributed by atoms with Crippen LogP contribution in [0, 0.1) is 5.41 Å². The standard InChI is InChI=1S/C27H32INO/c1-4-26-13-14-27(26,5-2)29-18-21-16-24(20-10-7-6-8-11-20)30-25(21)17-23(29)19(3)22(26)12-9-15-28/h6-7,9-10,12-14,17,24H,4-5,8,11,15-16,18H2,1-3H3/b12-9-/t24?,26?,27-/m0/s1. The third kappa shape index (κ3) is 2.66. The lowest BCUT2D eigenvalue weighted by molar-refractivity contribution is 0.0431. The lowest BCUT2D eigenvalue weighted by Gasteiger charge is -2.64. The molecule has 3 aliphatic heterocycles. The summed E-state index contributed by atoms with van der Waals surface area (Å²) in [7, 11) is 0. The van der Waals surface area contributed by atoms with Gasteiger partial charge in [-0.1, -0.05) is 79.0 Å². The van der Waals surface area contributed by atoms with Gasteiger partial charge in [-0.15, -0.1) is 0 Å². The Kier molecular flexibility index (Phi) is 5.16. The second kappa shape index (κ2) is 7.58. The summed E-state index contributed by atoms with van der Waals surface area (Å²) in [4.78, 5) is 2.72. The van der Waals surface area contributed by atoms with Crippen LogP contribution in [0.4, 0.5) is 0 Å². The van der Waals surface area contributed by atoms with Crippen LogP contribution < -0.4 is 0 Å². The summed E-state index contributed by atoms with van der Waals surface area (Å²) >= 11 is 2.44. The second-order valence-corrected chi connectivity index (χ2v) is 10.0. The number of halogens is 1. The molecule has 0 radical (unpaired) electrons. The van der Waals surface area contributed by atoms with E-state index in [-0.39, 0.29) is 17.1 Å². The zero-order valence-corrected chi connectivity index (χ0v) is 20.5. The van der Waals surface area contributed by atoms with Crippen molar-refractivity contribution in [2.45, 2.75) is 64.5 Å². The largest absolute Gasteiger partial charge is 0.486 e. The number of alkyl halides is 1. The van der Waals surface area contributed by atoms with Crippen molar-refractivity contribution >= 4 is 22.6 Å². The fraction of sp³-hybridized carbons (Fsp3) is 0.481. The first kappa shape index (κ1) is 20.4. The van der Waals surface area contributed by atoms with E-state index < -0.39 is 0 Å². The van der Waals surface area contributed by atoms with Crippen molar-refractivity contribution < 1.29 is 4.74 Å². The van der Waals surface area contributed by atoms with Crippen molar-refractivity contribution in [3.8, 4) is 0 Å².